The third-order valence-electron chi connectivity index (χ3n) is 3.47. The van der Waals surface area contributed by atoms with Crippen molar-refractivity contribution in [1.82, 2.24) is 25.1 Å². The Hall–Kier alpha value is -3.56. The predicted octanol–water partition coefficient (Wildman–Crippen LogP) is 1.62. The van der Waals surface area contributed by atoms with Crippen molar-refractivity contribution in [3.8, 4) is 5.69 Å². The van der Waals surface area contributed by atoms with E-state index in [1.165, 1.54) is 10.9 Å². The van der Waals surface area contributed by atoms with Gasteiger partial charge in [-0.1, -0.05) is 16.4 Å². The normalized spacial score (nSPS) is 10.7. The van der Waals surface area contributed by atoms with Crippen LogP contribution in [0.4, 0.5) is 5.69 Å². The maximum Gasteiger partial charge on any atom is 0.358 e. The summed E-state index contributed by atoms with van der Waals surface area (Å²) in [5.41, 5.74) is 1.01. The number of carbonyl (C=O) groups is 2. The molecule has 2 N–H and O–H groups in total. The van der Waals surface area contributed by atoms with Crippen LogP contribution in [0.5, 0.6) is 0 Å². The second-order valence-corrected chi connectivity index (χ2v) is 5.54. The summed E-state index contributed by atoms with van der Waals surface area (Å²) in [7, 11) is 0. The van der Waals surface area contributed by atoms with Crippen LogP contribution in [-0.2, 0) is 11.2 Å². The molecule has 0 aliphatic rings. The van der Waals surface area contributed by atoms with E-state index >= 15 is 0 Å². The summed E-state index contributed by atoms with van der Waals surface area (Å²) in [5, 5.41) is 22.7. The first-order valence-corrected chi connectivity index (χ1v) is 7.86. The number of aromatic nitrogens is 5. The smallest absolute Gasteiger partial charge is 0.358 e. The van der Waals surface area contributed by atoms with Gasteiger partial charge < -0.3 is 14.9 Å². The van der Waals surface area contributed by atoms with E-state index in [2.05, 4.69) is 25.8 Å². The summed E-state index contributed by atoms with van der Waals surface area (Å²) >= 11 is 0. The van der Waals surface area contributed by atoms with Gasteiger partial charge in [0.25, 0.3) is 0 Å². The zero-order chi connectivity index (χ0) is 18.5. The Morgan fingerprint density at radius 2 is 2.19 bits per heavy atom. The lowest BCUT2D eigenvalue weighted by atomic mass is 10.2. The molecule has 0 saturated heterocycles. The van der Waals surface area contributed by atoms with Gasteiger partial charge in [-0.25, -0.2) is 9.48 Å². The van der Waals surface area contributed by atoms with Gasteiger partial charge in [-0.3, -0.25) is 4.79 Å². The molecule has 0 atom stereocenters. The van der Waals surface area contributed by atoms with Crippen molar-refractivity contribution in [2.45, 2.75) is 26.2 Å². The first kappa shape index (κ1) is 17.3. The number of carboxylic acids is 1. The molecular weight excluding hydrogens is 340 g/mol. The van der Waals surface area contributed by atoms with Crippen molar-refractivity contribution in [2.75, 3.05) is 5.32 Å². The molecule has 0 bridgehead atoms. The second kappa shape index (κ2) is 7.55. The van der Waals surface area contributed by atoms with E-state index in [1.807, 2.05) is 0 Å². The van der Waals surface area contributed by atoms with E-state index in [9.17, 15) is 9.59 Å². The highest BCUT2D eigenvalue weighted by molar-refractivity contribution is 5.91. The number of nitrogens with zero attached hydrogens (tertiary/aromatic N) is 5. The summed E-state index contributed by atoms with van der Waals surface area (Å²) < 4.78 is 6.33. The summed E-state index contributed by atoms with van der Waals surface area (Å²) in [6.45, 7) is 1.74. The lowest BCUT2D eigenvalue weighted by Gasteiger charge is -2.07. The Kier molecular flexibility index (Phi) is 5.02. The first-order valence-electron chi connectivity index (χ1n) is 7.86. The minimum absolute atomic E-state index is 0.150. The summed E-state index contributed by atoms with van der Waals surface area (Å²) in [5.74, 6) is -0.224. The monoisotopic (exact) mass is 356 g/mol. The maximum absolute atomic E-state index is 12.1. The van der Waals surface area contributed by atoms with Crippen LogP contribution in [0.3, 0.4) is 0 Å². The van der Waals surface area contributed by atoms with Crippen molar-refractivity contribution in [1.29, 1.82) is 0 Å². The van der Waals surface area contributed by atoms with Gasteiger partial charge in [0.15, 0.2) is 11.5 Å². The average molecular weight is 356 g/mol. The Balaban J connectivity index is 1.57. The topological polar surface area (TPSA) is 136 Å². The van der Waals surface area contributed by atoms with E-state index in [0.717, 1.165) is 0 Å². The lowest BCUT2D eigenvalue weighted by Crippen LogP contribution is -2.12. The average Bonchev–Trinajstić information content (AvgIpc) is 3.24. The fourth-order valence-corrected chi connectivity index (χ4v) is 2.28. The number of hydrogen-bond donors (Lipinski definition) is 2. The number of rotatable bonds is 7. The molecule has 10 nitrogen and oxygen atoms in total. The van der Waals surface area contributed by atoms with Gasteiger partial charge in [0, 0.05) is 18.5 Å². The molecule has 10 heteroatoms. The molecule has 26 heavy (non-hydrogen) atoms. The van der Waals surface area contributed by atoms with Crippen LogP contribution in [0, 0.1) is 6.92 Å². The molecule has 2 aromatic heterocycles. The minimum atomic E-state index is -1.16. The molecule has 0 radical (unpaired) electrons. The van der Waals surface area contributed by atoms with Crippen LogP contribution >= 0.6 is 0 Å². The van der Waals surface area contributed by atoms with Crippen molar-refractivity contribution in [3.63, 3.8) is 0 Å². The maximum atomic E-state index is 12.1. The molecule has 0 unspecified atom stereocenters. The minimum Gasteiger partial charge on any atom is -0.476 e. The summed E-state index contributed by atoms with van der Waals surface area (Å²) in [6, 6.07) is 6.87. The third kappa shape index (κ3) is 4.29. The van der Waals surface area contributed by atoms with Gasteiger partial charge in [0.2, 0.25) is 11.8 Å². The third-order valence-corrected chi connectivity index (χ3v) is 3.47. The molecule has 3 rings (SSSR count). The van der Waals surface area contributed by atoms with Gasteiger partial charge in [0.05, 0.1) is 11.9 Å². The quantitative estimate of drug-likeness (QED) is 0.651. The van der Waals surface area contributed by atoms with Crippen LogP contribution in [-0.4, -0.2) is 42.1 Å². The van der Waals surface area contributed by atoms with Crippen LogP contribution in [0.1, 0.15) is 35.0 Å². The molecule has 0 aliphatic carbocycles. The fraction of sp³-hybridized carbons (Fsp3) is 0.250. The molecule has 1 amide bonds. The first-order chi connectivity index (χ1) is 12.5. The van der Waals surface area contributed by atoms with Crippen molar-refractivity contribution >= 4 is 17.6 Å². The van der Waals surface area contributed by atoms with Gasteiger partial charge >= 0.3 is 5.97 Å². The number of aryl methyl sites for hydroxylation is 2. The number of aromatic carboxylic acids is 1. The van der Waals surface area contributed by atoms with E-state index in [-0.39, 0.29) is 11.6 Å². The molecule has 0 saturated carbocycles. The molecule has 134 valence electrons. The van der Waals surface area contributed by atoms with Crippen LogP contribution in [0.15, 0.2) is 35.0 Å². The molecule has 2 heterocycles. The number of amides is 1. The van der Waals surface area contributed by atoms with E-state index in [0.29, 0.717) is 42.4 Å². The van der Waals surface area contributed by atoms with E-state index in [4.69, 9.17) is 9.63 Å². The number of hydrogen-bond acceptors (Lipinski definition) is 7. The molecule has 3 aromatic rings. The Labute approximate surface area is 147 Å². The summed E-state index contributed by atoms with van der Waals surface area (Å²) in [4.78, 5) is 27.0. The van der Waals surface area contributed by atoms with Gasteiger partial charge in [0.1, 0.15) is 0 Å². The molecule has 0 aliphatic heterocycles. The Bertz CT molecular complexity index is 932. The number of carbonyl (C=O) groups excluding carboxylic acids is 1. The molecule has 0 spiro atoms. The number of anilines is 1. The molecule has 0 fully saturated rings. The van der Waals surface area contributed by atoms with Gasteiger partial charge in [-0.15, -0.1) is 5.10 Å². The zero-order valence-electron chi connectivity index (χ0n) is 13.9. The highest BCUT2D eigenvalue weighted by Gasteiger charge is 2.10. The Morgan fingerprint density at radius 3 is 2.88 bits per heavy atom. The van der Waals surface area contributed by atoms with Crippen molar-refractivity contribution in [3.05, 3.63) is 47.9 Å². The van der Waals surface area contributed by atoms with Gasteiger partial charge in [-0.2, -0.15) is 4.98 Å². The zero-order valence-corrected chi connectivity index (χ0v) is 13.9. The molecule has 1 aromatic carbocycles. The number of nitrogens with one attached hydrogen (secondary N) is 1. The van der Waals surface area contributed by atoms with Gasteiger partial charge in [-0.05, 0) is 31.5 Å². The lowest BCUT2D eigenvalue weighted by molar-refractivity contribution is -0.116. The van der Waals surface area contributed by atoms with Crippen LogP contribution in [0.25, 0.3) is 5.69 Å². The van der Waals surface area contributed by atoms with Crippen LogP contribution < -0.4 is 5.32 Å². The SMILES string of the molecule is Cc1noc(CCCC(=O)Nc2cccc(-n3cc(C(=O)O)nn3)c2)n1. The molecular formula is C16H16N6O4. The van der Waals surface area contributed by atoms with Crippen molar-refractivity contribution in [2.24, 2.45) is 0 Å². The fourth-order valence-electron chi connectivity index (χ4n) is 2.28. The second-order valence-electron chi connectivity index (χ2n) is 5.54. The van der Waals surface area contributed by atoms with Crippen LogP contribution in [0.2, 0.25) is 0 Å². The van der Waals surface area contributed by atoms with E-state index < -0.39 is 5.97 Å². The summed E-state index contributed by atoms with van der Waals surface area (Å²) in [6.07, 6.45) is 2.72. The number of benzene rings is 1. The highest BCUT2D eigenvalue weighted by Crippen LogP contribution is 2.15. The number of carboxylic acid groups (broad SMARTS) is 1. The van der Waals surface area contributed by atoms with Crippen molar-refractivity contribution < 1.29 is 19.2 Å². The highest BCUT2D eigenvalue weighted by atomic mass is 16.5. The Morgan fingerprint density at radius 1 is 1.35 bits per heavy atom. The van der Waals surface area contributed by atoms with E-state index in [1.54, 1.807) is 31.2 Å². The largest absolute Gasteiger partial charge is 0.476 e. The predicted molar refractivity (Wildman–Crippen MR) is 88.9 cm³/mol. The standard InChI is InChI=1S/C16H16N6O4/c1-10-17-15(26-20-10)7-3-6-14(23)18-11-4-2-5-12(8-11)22-9-13(16(24)25)19-21-22/h2,4-5,8-9H,3,6-7H2,1H3,(H,18,23)(H,24,25).